The summed E-state index contributed by atoms with van der Waals surface area (Å²) in [5.74, 6) is -0.00235. The van der Waals surface area contributed by atoms with E-state index in [4.69, 9.17) is 0 Å². The number of fused-ring (bicyclic) bond motifs is 1. The molecule has 2 aliphatic heterocycles. The van der Waals surface area contributed by atoms with E-state index in [-0.39, 0.29) is 17.1 Å². The molecule has 7 heteroatoms. The van der Waals surface area contributed by atoms with Crippen LogP contribution in [0.2, 0.25) is 0 Å². The zero-order chi connectivity index (χ0) is 14.2. The van der Waals surface area contributed by atoms with Crippen molar-refractivity contribution in [2.45, 2.75) is 18.1 Å². The Hall–Kier alpha value is -1.47. The van der Waals surface area contributed by atoms with Gasteiger partial charge in [-0.05, 0) is 30.9 Å². The standard InChI is InChI=1S/C13H17N3O3S/c17-13(11-3-1-2-6-14-11)16-7-4-10-9-15-20(18,19)12(10)5-8-16/h1-3,6,10,12,15H,4-5,7-9H2/t10-,12+/m0/s1. The Morgan fingerprint density at radius 2 is 2.10 bits per heavy atom. The van der Waals surface area contributed by atoms with Crippen LogP contribution in [0.5, 0.6) is 0 Å². The van der Waals surface area contributed by atoms with Crippen LogP contribution in [0, 0.1) is 5.92 Å². The predicted octanol–water partition coefficient (Wildman–Crippen LogP) is 0.235. The Labute approximate surface area is 118 Å². The normalized spacial score (nSPS) is 28.7. The maximum atomic E-state index is 12.3. The van der Waals surface area contributed by atoms with Gasteiger partial charge >= 0.3 is 0 Å². The zero-order valence-electron chi connectivity index (χ0n) is 11.0. The fourth-order valence-corrected chi connectivity index (χ4v) is 4.78. The minimum absolute atomic E-state index is 0.113. The Kier molecular flexibility index (Phi) is 3.47. The number of amides is 1. The fourth-order valence-electron chi connectivity index (χ4n) is 2.96. The van der Waals surface area contributed by atoms with Crippen LogP contribution in [-0.4, -0.2) is 49.1 Å². The van der Waals surface area contributed by atoms with Crippen molar-refractivity contribution in [1.29, 1.82) is 0 Å². The van der Waals surface area contributed by atoms with Crippen molar-refractivity contribution in [2.75, 3.05) is 19.6 Å². The first-order valence-electron chi connectivity index (χ1n) is 6.77. The smallest absolute Gasteiger partial charge is 0.272 e. The summed E-state index contributed by atoms with van der Waals surface area (Å²) >= 11 is 0. The number of pyridine rings is 1. The average molecular weight is 295 g/mol. The molecule has 1 aromatic heterocycles. The molecule has 1 amide bonds. The van der Waals surface area contributed by atoms with Gasteiger partial charge in [-0.25, -0.2) is 13.1 Å². The van der Waals surface area contributed by atoms with Crippen LogP contribution in [0.15, 0.2) is 24.4 Å². The molecule has 0 spiro atoms. The van der Waals surface area contributed by atoms with Crippen molar-refractivity contribution in [3.63, 3.8) is 0 Å². The summed E-state index contributed by atoms with van der Waals surface area (Å²) in [6.45, 7) is 1.56. The van der Waals surface area contributed by atoms with Gasteiger partial charge in [0.1, 0.15) is 5.69 Å². The third kappa shape index (κ3) is 2.43. The van der Waals surface area contributed by atoms with E-state index in [1.54, 1.807) is 29.3 Å². The summed E-state index contributed by atoms with van der Waals surface area (Å²) in [6, 6.07) is 5.23. The summed E-state index contributed by atoms with van der Waals surface area (Å²) in [6.07, 6.45) is 2.81. The number of carbonyl (C=O) groups is 1. The molecule has 0 bridgehead atoms. The van der Waals surface area contributed by atoms with E-state index in [1.807, 2.05) is 0 Å². The lowest BCUT2D eigenvalue weighted by atomic mass is 10.0. The van der Waals surface area contributed by atoms with Crippen LogP contribution in [0.3, 0.4) is 0 Å². The number of likely N-dealkylation sites (tertiary alicyclic amines) is 1. The van der Waals surface area contributed by atoms with Crippen molar-refractivity contribution < 1.29 is 13.2 Å². The molecule has 2 aliphatic rings. The quantitative estimate of drug-likeness (QED) is 0.804. The molecule has 3 heterocycles. The van der Waals surface area contributed by atoms with Gasteiger partial charge in [0.05, 0.1) is 5.25 Å². The van der Waals surface area contributed by atoms with Crippen molar-refractivity contribution in [3.05, 3.63) is 30.1 Å². The first-order chi connectivity index (χ1) is 9.58. The third-order valence-corrected chi connectivity index (χ3v) is 6.08. The zero-order valence-corrected chi connectivity index (χ0v) is 11.8. The van der Waals surface area contributed by atoms with Gasteiger partial charge in [0, 0.05) is 25.8 Å². The molecule has 0 unspecified atom stereocenters. The van der Waals surface area contributed by atoms with Gasteiger partial charge in [-0.15, -0.1) is 0 Å². The second-order valence-corrected chi connectivity index (χ2v) is 7.26. The second kappa shape index (κ2) is 5.14. The van der Waals surface area contributed by atoms with Gasteiger partial charge in [-0.3, -0.25) is 9.78 Å². The minimum atomic E-state index is -3.19. The highest BCUT2D eigenvalue weighted by Gasteiger charge is 2.41. The number of nitrogens with one attached hydrogen (secondary N) is 1. The van der Waals surface area contributed by atoms with Crippen molar-refractivity contribution in [3.8, 4) is 0 Å². The van der Waals surface area contributed by atoms with Gasteiger partial charge in [0.25, 0.3) is 5.91 Å². The van der Waals surface area contributed by atoms with Gasteiger partial charge in [-0.2, -0.15) is 0 Å². The van der Waals surface area contributed by atoms with Crippen LogP contribution in [0.4, 0.5) is 0 Å². The monoisotopic (exact) mass is 295 g/mol. The molecular formula is C13H17N3O3S. The van der Waals surface area contributed by atoms with Gasteiger partial charge in [0.2, 0.25) is 10.0 Å². The summed E-state index contributed by atoms with van der Waals surface area (Å²) < 4.78 is 26.3. The number of sulfonamides is 1. The Bertz CT molecular complexity index is 603. The lowest BCUT2D eigenvalue weighted by molar-refractivity contribution is 0.0754. The molecule has 1 N–H and O–H groups in total. The lowest BCUT2D eigenvalue weighted by Crippen LogP contribution is -2.34. The molecule has 108 valence electrons. The number of hydrogen-bond acceptors (Lipinski definition) is 4. The first kappa shape index (κ1) is 13.5. The van der Waals surface area contributed by atoms with E-state index < -0.39 is 10.0 Å². The highest BCUT2D eigenvalue weighted by atomic mass is 32.2. The predicted molar refractivity (Wildman–Crippen MR) is 73.6 cm³/mol. The van der Waals surface area contributed by atoms with Crippen LogP contribution in [0.25, 0.3) is 0 Å². The number of hydrogen-bond donors (Lipinski definition) is 1. The van der Waals surface area contributed by atoms with Crippen LogP contribution < -0.4 is 4.72 Å². The minimum Gasteiger partial charge on any atom is -0.337 e. The average Bonchev–Trinajstić information content (AvgIpc) is 2.65. The van der Waals surface area contributed by atoms with Crippen molar-refractivity contribution in [1.82, 2.24) is 14.6 Å². The summed E-state index contributed by atoms with van der Waals surface area (Å²) in [5, 5.41) is -0.357. The lowest BCUT2D eigenvalue weighted by Gasteiger charge is -2.20. The van der Waals surface area contributed by atoms with E-state index in [0.717, 1.165) is 6.42 Å². The Morgan fingerprint density at radius 1 is 1.30 bits per heavy atom. The van der Waals surface area contributed by atoms with Crippen molar-refractivity contribution >= 4 is 15.9 Å². The molecule has 2 atom stereocenters. The summed E-state index contributed by atoms with van der Waals surface area (Å²) in [4.78, 5) is 18.1. The number of aromatic nitrogens is 1. The maximum absolute atomic E-state index is 12.3. The van der Waals surface area contributed by atoms with E-state index in [0.29, 0.717) is 31.7 Å². The Morgan fingerprint density at radius 3 is 2.85 bits per heavy atom. The molecule has 1 aromatic rings. The van der Waals surface area contributed by atoms with Gasteiger partial charge in [0.15, 0.2) is 0 Å². The molecule has 0 saturated carbocycles. The van der Waals surface area contributed by atoms with Gasteiger partial charge < -0.3 is 4.90 Å². The van der Waals surface area contributed by atoms with Crippen LogP contribution in [-0.2, 0) is 10.0 Å². The summed E-state index contributed by atoms with van der Waals surface area (Å²) in [5.41, 5.74) is 0.417. The van der Waals surface area contributed by atoms with E-state index in [9.17, 15) is 13.2 Å². The molecule has 20 heavy (non-hydrogen) atoms. The Balaban J connectivity index is 1.74. The van der Waals surface area contributed by atoms with Crippen molar-refractivity contribution in [2.24, 2.45) is 5.92 Å². The van der Waals surface area contributed by atoms with E-state index in [1.165, 1.54) is 0 Å². The molecule has 6 nitrogen and oxygen atoms in total. The number of carbonyl (C=O) groups excluding carboxylic acids is 1. The van der Waals surface area contributed by atoms with Crippen LogP contribution in [0.1, 0.15) is 23.3 Å². The molecule has 0 radical (unpaired) electrons. The topological polar surface area (TPSA) is 79.4 Å². The second-order valence-electron chi connectivity index (χ2n) is 5.28. The third-order valence-electron chi connectivity index (χ3n) is 4.10. The highest BCUT2D eigenvalue weighted by Crippen LogP contribution is 2.28. The summed E-state index contributed by atoms with van der Waals surface area (Å²) in [7, 11) is -3.19. The van der Waals surface area contributed by atoms with Crippen LogP contribution >= 0.6 is 0 Å². The van der Waals surface area contributed by atoms with E-state index >= 15 is 0 Å². The molecular weight excluding hydrogens is 278 g/mol. The molecule has 3 rings (SSSR count). The highest BCUT2D eigenvalue weighted by molar-refractivity contribution is 7.90. The van der Waals surface area contributed by atoms with E-state index in [2.05, 4.69) is 9.71 Å². The maximum Gasteiger partial charge on any atom is 0.272 e. The molecule has 0 aromatic carbocycles. The molecule has 0 aliphatic carbocycles. The number of rotatable bonds is 1. The SMILES string of the molecule is O=C(c1ccccn1)N1CC[C@H]2CNS(=O)(=O)[C@@H]2CC1. The molecule has 2 fully saturated rings. The fraction of sp³-hybridized carbons (Fsp3) is 0.538. The molecule has 2 saturated heterocycles. The first-order valence-corrected chi connectivity index (χ1v) is 8.31. The largest absolute Gasteiger partial charge is 0.337 e. The number of nitrogens with zero attached hydrogens (tertiary/aromatic N) is 2. The van der Waals surface area contributed by atoms with Gasteiger partial charge in [-0.1, -0.05) is 6.07 Å².